The number of ether oxygens (including phenoxy) is 1. The van der Waals surface area contributed by atoms with Crippen LogP contribution in [0, 0.1) is 0 Å². The molecular formula is C23H31N4O4+. The molecule has 0 aliphatic carbocycles. The first-order chi connectivity index (χ1) is 14.7. The SMILES string of the molecule is COc1ccc(C2=NN(C(=O)C[NH+](C)CC(=O)NC(C)(C)C)[C@@H](c3ccco3)C2)cc1. The van der Waals surface area contributed by atoms with E-state index in [1.54, 1.807) is 19.4 Å². The standard InChI is InChI=1S/C23H30N4O4/c1-23(2,3)24-21(28)14-26(4)15-22(29)27-19(20-7-6-12-31-20)13-18(25-27)16-8-10-17(30-5)11-9-16/h6-12,19H,13-15H2,1-5H3,(H,24,28)/p+1/t19-/m1/s1. The third-order valence-electron chi connectivity index (χ3n) is 4.89. The van der Waals surface area contributed by atoms with Gasteiger partial charge in [-0.3, -0.25) is 9.59 Å². The van der Waals surface area contributed by atoms with Gasteiger partial charge in [0.2, 0.25) is 0 Å². The Balaban J connectivity index is 1.73. The molecular weight excluding hydrogens is 396 g/mol. The summed E-state index contributed by atoms with van der Waals surface area (Å²) in [5.41, 5.74) is 1.43. The van der Waals surface area contributed by atoms with Gasteiger partial charge < -0.3 is 19.4 Å². The van der Waals surface area contributed by atoms with Crippen LogP contribution in [-0.4, -0.2) is 55.3 Å². The number of hydrogen-bond acceptors (Lipinski definition) is 5. The van der Waals surface area contributed by atoms with E-state index in [9.17, 15) is 9.59 Å². The number of rotatable bonds is 7. The minimum atomic E-state index is -0.309. The molecule has 1 unspecified atom stereocenters. The third kappa shape index (κ3) is 5.95. The first kappa shape index (κ1) is 22.6. The molecule has 0 saturated carbocycles. The van der Waals surface area contributed by atoms with Gasteiger partial charge in [-0.1, -0.05) is 0 Å². The van der Waals surface area contributed by atoms with Gasteiger partial charge in [-0.15, -0.1) is 0 Å². The number of nitrogens with one attached hydrogen (secondary N) is 2. The molecule has 0 bridgehead atoms. The van der Waals surface area contributed by atoms with Crippen molar-refractivity contribution in [2.75, 3.05) is 27.2 Å². The maximum absolute atomic E-state index is 13.1. The number of hydrogen-bond donors (Lipinski definition) is 2. The molecule has 8 nitrogen and oxygen atoms in total. The number of methoxy groups -OCH3 is 1. The highest BCUT2D eigenvalue weighted by Gasteiger charge is 2.36. The lowest BCUT2D eigenvalue weighted by molar-refractivity contribution is -0.863. The Kier molecular flexibility index (Phi) is 6.80. The quantitative estimate of drug-likeness (QED) is 0.699. The van der Waals surface area contributed by atoms with Gasteiger partial charge in [-0.25, -0.2) is 5.01 Å². The summed E-state index contributed by atoms with van der Waals surface area (Å²) in [5.74, 6) is 1.19. The summed E-state index contributed by atoms with van der Waals surface area (Å²) in [6, 6.07) is 10.9. The molecule has 2 aromatic rings. The summed E-state index contributed by atoms with van der Waals surface area (Å²) >= 11 is 0. The van der Waals surface area contributed by atoms with Crippen LogP contribution < -0.4 is 15.0 Å². The number of benzene rings is 1. The molecule has 2 amide bonds. The van der Waals surface area contributed by atoms with Crippen LogP contribution in [0.25, 0.3) is 0 Å². The zero-order valence-electron chi connectivity index (χ0n) is 18.8. The molecule has 0 radical (unpaired) electrons. The monoisotopic (exact) mass is 427 g/mol. The van der Waals surface area contributed by atoms with Crippen LogP contribution in [0.4, 0.5) is 0 Å². The average molecular weight is 428 g/mol. The summed E-state index contributed by atoms with van der Waals surface area (Å²) in [6.07, 6.45) is 2.15. The summed E-state index contributed by atoms with van der Waals surface area (Å²) in [4.78, 5) is 26.1. The Bertz CT molecular complexity index is 929. The number of carbonyl (C=O) groups is 2. The Hall–Kier alpha value is -3.13. The van der Waals surface area contributed by atoms with Gasteiger partial charge in [-0.05, 0) is 62.7 Å². The average Bonchev–Trinajstić information content (AvgIpc) is 3.36. The van der Waals surface area contributed by atoms with Crippen LogP contribution >= 0.6 is 0 Å². The van der Waals surface area contributed by atoms with Gasteiger partial charge in [0, 0.05) is 12.0 Å². The molecule has 1 aliphatic rings. The van der Waals surface area contributed by atoms with Crippen molar-refractivity contribution in [3.05, 3.63) is 54.0 Å². The number of nitrogens with zero attached hydrogens (tertiary/aromatic N) is 2. The van der Waals surface area contributed by atoms with E-state index in [0.717, 1.165) is 21.9 Å². The fourth-order valence-corrected chi connectivity index (χ4v) is 3.54. The minimum absolute atomic E-state index is 0.0933. The van der Waals surface area contributed by atoms with E-state index >= 15 is 0 Å². The lowest BCUT2D eigenvalue weighted by atomic mass is 10.0. The van der Waals surface area contributed by atoms with Gasteiger partial charge in [0.25, 0.3) is 11.8 Å². The molecule has 8 heteroatoms. The first-order valence-corrected chi connectivity index (χ1v) is 10.4. The zero-order valence-corrected chi connectivity index (χ0v) is 18.8. The molecule has 1 aromatic heterocycles. The van der Waals surface area contributed by atoms with E-state index in [0.29, 0.717) is 12.2 Å². The maximum Gasteiger partial charge on any atom is 0.298 e. The van der Waals surface area contributed by atoms with Crippen molar-refractivity contribution in [3.8, 4) is 5.75 Å². The van der Waals surface area contributed by atoms with Crippen LogP contribution in [0.1, 0.15) is 44.6 Å². The Labute approximate surface area is 182 Å². The number of furan rings is 1. The highest BCUT2D eigenvalue weighted by atomic mass is 16.5. The van der Waals surface area contributed by atoms with Crippen molar-refractivity contribution >= 4 is 17.5 Å². The Morgan fingerprint density at radius 3 is 2.52 bits per heavy atom. The van der Waals surface area contributed by atoms with Gasteiger partial charge >= 0.3 is 0 Å². The van der Waals surface area contributed by atoms with Crippen LogP contribution in [0.2, 0.25) is 0 Å². The van der Waals surface area contributed by atoms with Crippen molar-refractivity contribution in [1.82, 2.24) is 10.3 Å². The number of quaternary nitrogens is 1. The van der Waals surface area contributed by atoms with E-state index in [1.165, 1.54) is 5.01 Å². The van der Waals surface area contributed by atoms with E-state index in [2.05, 4.69) is 10.4 Å². The number of hydrazone groups is 1. The molecule has 2 atom stereocenters. The third-order valence-corrected chi connectivity index (χ3v) is 4.89. The van der Waals surface area contributed by atoms with Crippen LogP contribution in [0.3, 0.4) is 0 Å². The summed E-state index contributed by atoms with van der Waals surface area (Å²) in [5, 5.41) is 9.04. The second-order valence-electron chi connectivity index (χ2n) is 8.86. The van der Waals surface area contributed by atoms with Crippen LogP contribution in [0.15, 0.2) is 52.2 Å². The fourth-order valence-electron chi connectivity index (χ4n) is 3.54. The molecule has 0 spiro atoms. The molecule has 1 aromatic carbocycles. The van der Waals surface area contributed by atoms with Crippen molar-refractivity contribution in [3.63, 3.8) is 0 Å². The molecule has 2 heterocycles. The fraction of sp³-hybridized carbons (Fsp3) is 0.435. The maximum atomic E-state index is 13.1. The van der Waals surface area contributed by atoms with Crippen LogP contribution in [-0.2, 0) is 9.59 Å². The van der Waals surface area contributed by atoms with Crippen molar-refractivity contribution in [2.24, 2.45) is 5.10 Å². The lowest BCUT2D eigenvalue weighted by Crippen LogP contribution is -3.11. The van der Waals surface area contributed by atoms with Crippen LogP contribution in [0.5, 0.6) is 5.75 Å². The molecule has 3 rings (SSSR count). The topological polar surface area (TPSA) is 88.6 Å². The predicted octanol–water partition coefficient (Wildman–Crippen LogP) is 1.40. The van der Waals surface area contributed by atoms with Gasteiger partial charge in [0.15, 0.2) is 13.1 Å². The zero-order chi connectivity index (χ0) is 22.6. The van der Waals surface area contributed by atoms with Crippen molar-refractivity contribution < 1.29 is 23.6 Å². The van der Waals surface area contributed by atoms with E-state index in [4.69, 9.17) is 9.15 Å². The molecule has 0 fully saturated rings. The molecule has 166 valence electrons. The van der Waals surface area contributed by atoms with E-state index < -0.39 is 0 Å². The lowest BCUT2D eigenvalue weighted by Gasteiger charge is -2.23. The number of amides is 2. The molecule has 1 aliphatic heterocycles. The molecule has 2 N–H and O–H groups in total. The predicted molar refractivity (Wildman–Crippen MR) is 117 cm³/mol. The van der Waals surface area contributed by atoms with E-state index in [1.807, 2.05) is 58.2 Å². The molecule has 0 saturated heterocycles. The smallest absolute Gasteiger partial charge is 0.298 e. The Morgan fingerprint density at radius 2 is 1.94 bits per heavy atom. The van der Waals surface area contributed by atoms with Crippen molar-refractivity contribution in [1.29, 1.82) is 0 Å². The highest BCUT2D eigenvalue weighted by molar-refractivity contribution is 6.03. The largest absolute Gasteiger partial charge is 0.497 e. The van der Waals surface area contributed by atoms with Gasteiger partial charge in [0.1, 0.15) is 17.6 Å². The normalized spacial score (nSPS) is 17.3. The highest BCUT2D eigenvalue weighted by Crippen LogP contribution is 2.33. The minimum Gasteiger partial charge on any atom is -0.497 e. The first-order valence-electron chi connectivity index (χ1n) is 10.4. The summed E-state index contributed by atoms with van der Waals surface area (Å²) in [6.45, 7) is 6.14. The van der Waals surface area contributed by atoms with Gasteiger partial charge in [-0.2, -0.15) is 5.10 Å². The van der Waals surface area contributed by atoms with E-state index in [-0.39, 0.29) is 36.5 Å². The van der Waals surface area contributed by atoms with Gasteiger partial charge in [0.05, 0.1) is 26.1 Å². The summed E-state index contributed by atoms with van der Waals surface area (Å²) < 4.78 is 10.8. The molecule has 31 heavy (non-hydrogen) atoms. The second kappa shape index (κ2) is 9.34. The second-order valence-corrected chi connectivity index (χ2v) is 8.86. The summed E-state index contributed by atoms with van der Waals surface area (Å²) in [7, 11) is 3.45. The number of likely N-dealkylation sites (N-methyl/N-ethyl adjacent to an activating group) is 1. The Morgan fingerprint density at radius 1 is 1.23 bits per heavy atom. The van der Waals surface area contributed by atoms with Crippen molar-refractivity contribution in [2.45, 2.75) is 38.8 Å². The number of carbonyl (C=O) groups excluding carboxylic acids is 2.